The van der Waals surface area contributed by atoms with Gasteiger partial charge < -0.3 is 9.72 Å². The second-order valence-corrected chi connectivity index (χ2v) is 7.24. The van der Waals surface area contributed by atoms with Crippen LogP contribution >= 0.6 is 0 Å². The first-order chi connectivity index (χ1) is 15.2. The predicted octanol–water partition coefficient (Wildman–Crippen LogP) is 3.02. The highest BCUT2D eigenvalue weighted by Gasteiger charge is 2.12. The molecule has 1 aromatic carbocycles. The number of hydrogen-bond donors (Lipinski definition) is 1. The van der Waals surface area contributed by atoms with Crippen molar-refractivity contribution in [2.45, 2.75) is 13.1 Å². The van der Waals surface area contributed by atoms with Gasteiger partial charge in [-0.1, -0.05) is 18.2 Å². The smallest absolute Gasteiger partial charge is 0.276 e. The molecular formula is C24H19N5O2. The Kier molecular flexibility index (Phi) is 4.76. The molecule has 0 spiro atoms. The summed E-state index contributed by atoms with van der Waals surface area (Å²) in [4.78, 5) is 34.0. The van der Waals surface area contributed by atoms with Gasteiger partial charge in [0.1, 0.15) is 5.52 Å². The molecule has 152 valence electrons. The summed E-state index contributed by atoms with van der Waals surface area (Å²) in [6.07, 6.45) is 6.97. The normalized spacial score (nSPS) is 11.1. The van der Waals surface area contributed by atoms with E-state index in [0.29, 0.717) is 29.8 Å². The van der Waals surface area contributed by atoms with Gasteiger partial charge in [-0.25, -0.2) is 4.98 Å². The van der Waals surface area contributed by atoms with Crippen LogP contribution in [0.2, 0.25) is 0 Å². The highest BCUT2D eigenvalue weighted by molar-refractivity contribution is 5.94. The van der Waals surface area contributed by atoms with Crippen LogP contribution in [0.15, 0.2) is 90.2 Å². The summed E-state index contributed by atoms with van der Waals surface area (Å²) >= 11 is 0. The van der Waals surface area contributed by atoms with Gasteiger partial charge in [0.25, 0.3) is 11.5 Å². The molecule has 31 heavy (non-hydrogen) atoms. The molecular weight excluding hydrogens is 390 g/mol. The van der Waals surface area contributed by atoms with Gasteiger partial charge in [-0.3, -0.25) is 19.1 Å². The van der Waals surface area contributed by atoms with Crippen molar-refractivity contribution in [1.29, 1.82) is 0 Å². The van der Waals surface area contributed by atoms with Gasteiger partial charge in [-0.05, 0) is 53.6 Å². The van der Waals surface area contributed by atoms with Crippen LogP contribution in [0, 0.1) is 0 Å². The number of pyridine rings is 2. The number of aromatic nitrogens is 4. The van der Waals surface area contributed by atoms with Crippen molar-refractivity contribution >= 4 is 22.6 Å². The Hall–Kier alpha value is -4.26. The zero-order valence-electron chi connectivity index (χ0n) is 16.6. The molecule has 1 N–H and O–H groups in total. The molecule has 4 aromatic heterocycles. The Labute approximate surface area is 177 Å². The number of carbonyl (C=O) groups excluding carboxylic acids is 1. The van der Waals surface area contributed by atoms with Gasteiger partial charge in [-0.2, -0.15) is 0 Å². The lowest BCUT2D eigenvalue weighted by Crippen LogP contribution is -2.24. The highest BCUT2D eigenvalue weighted by atomic mass is 16.1. The van der Waals surface area contributed by atoms with Crippen LogP contribution in [0.3, 0.4) is 0 Å². The van der Waals surface area contributed by atoms with Gasteiger partial charge in [0, 0.05) is 36.9 Å². The van der Waals surface area contributed by atoms with Crippen LogP contribution in [0.4, 0.5) is 0 Å². The first kappa shape index (κ1) is 18.7. The van der Waals surface area contributed by atoms with Gasteiger partial charge in [0.05, 0.1) is 12.1 Å². The number of fused-ring (bicyclic) bond motifs is 3. The van der Waals surface area contributed by atoms with E-state index in [4.69, 9.17) is 0 Å². The summed E-state index contributed by atoms with van der Waals surface area (Å²) in [6.45, 7) is 0.782. The topological polar surface area (TPSA) is 81.3 Å². The lowest BCUT2D eigenvalue weighted by molar-refractivity contribution is 0.0951. The van der Waals surface area contributed by atoms with E-state index in [9.17, 15) is 9.59 Å². The minimum absolute atomic E-state index is 0.102. The summed E-state index contributed by atoms with van der Waals surface area (Å²) in [5.41, 5.74) is 4.40. The molecule has 5 rings (SSSR count). The summed E-state index contributed by atoms with van der Waals surface area (Å²) in [5.74, 6) is -0.158. The minimum Gasteiger partial charge on any atom is -0.348 e. The van der Waals surface area contributed by atoms with Crippen molar-refractivity contribution in [3.8, 4) is 0 Å². The van der Waals surface area contributed by atoms with Crippen LogP contribution in [0.5, 0.6) is 0 Å². The molecule has 7 nitrogen and oxygen atoms in total. The average molecular weight is 409 g/mol. The third kappa shape index (κ3) is 3.57. The number of benzene rings is 1. The SMILES string of the molecule is O=C(NCc1cccnc1)c1ccc(Cn2c(=O)c3cccn3c3cccnc32)cc1. The van der Waals surface area contributed by atoms with E-state index >= 15 is 0 Å². The van der Waals surface area contributed by atoms with E-state index in [1.54, 1.807) is 41.4 Å². The predicted molar refractivity (Wildman–Crippen MR) is 118 cm³/mol. The number of hydrogen-bond acceptors (Lipinski definition) is 4. The Morgan fingerprint density at radius 1 is 0.903 bits per heavy atom. The summed E-state index contributed by atoms with van der Waals surface area (Å²) < 4.78 is 3.53. The number of nitrogens with one attached hydrogen (secondary N) is 1. The number of amides is 1. The Morgan fingerprint density at radius 3 is 2.52 bits per heavy atom. The molecule has 0 unspecified atom stereocenters. The van der Waals surface area contributed by atoms with E-state index < -0.39 is 0 Å². The third-order valence-corrected chi connectivity index (χ3v) is 5.23. The van der Waals surface area contributed by atoms with E-state index in [-0.39, 0.29) is 11.5 Å². The van der Waals surface area contributed by atoms with Gasteiger partial charge in [0.2, 0.25) is 0 Å². The maximum atomic E-state index is 13.0. The summed E-state index contributed by atoms with van der Waals surface area (Å²) in [5, 5.41) is 2.89. The van der Waals surface area contributed by atoms with Crippen molar-refractivity contribution in [3.05, 3.63) is 112 Å². The van der Waals surface area contributed by atoms with Crippen LogP contribution < -0.4 is 10.9 Å². The molecule has 0 saturated carbocycles. The Balaban J connectivity index is 1.40. The van der Waals surface area contributed by atoms with Gasteiger partial charge in [-0.15, -0.1) is 0 Å². The van der Waals surface area contributed by atoms with Crippen molar-refractivity contribution in [1.82, 2.24) is 24.3 Å². The molecule has 0 aliphatic heterocycles. The number of nitrogens with zero attached hydrogens (tertiary/aromatic N) is 4. The van der Waals surface area contributed by atoms with Crippen molar-refractivity contribution < 1.29 is 4.79 Å². The number of carbonyl (C=O) groups is 1. The van der Waals surface area contributed by atoms with Crippen LogP contribution in [-0.2, 0) is 13.1 Å². The minimum atomic E-state index is -0.158. The molecule has 0 atom stereocenters. The first-order valence-corrected chi connectivity index (χ1v) is 9.91. The van der Waals surface area contributed by atoms with E-state index in [2.05, 4.69) is 15.3 Å². The fourth-order valence-electron chi connectivity index (χ4n) is 3.66. The fourth-order valence-corrected chi connectivity index (χ4v) is 3.66. The Morgan fingerprint density at radius 2 is 1.71 bits per heavy atom. The molecule has 0 aliphatic rings. The quantitative estimate of drug-likeness (QED) is 0.484. The molecule has 0 bridgehead atoms. The first-order valence-electron chi connectivity index (χ1n) is 9.91. The Bertz CT molecular complexity index is 1440. The van der Waals surface area contributed by atoms with Crippen LogP contribution in [0.25, 0.3) is 16.7 Å². The largest absolute Gasteiger partial charge is 0.348 e. The lowest BCUT2D eigenvalue weighted by atomic mass is 10.1. The van der Waals surface area contributed by atoms with E-state index in [1.165, 1.54) is 0 Å². The van der Waals surface area contributed by atoms with E-state index in [0.717, 1.165) is 16.6 Å². The molecule has 7 heteroatoms. The average Bonchev–Trinajstić information content (AvgIpc) is 3.32. The zero-order valence-corrected chi connectivity index (χ0v) is 16.6. The zero-order chi connectivity index (χ0) is 21.2. The molecule has 0 fully saturated rings. The monoisotopic (exact) mass is 409 g/mol. The van der Waals surface area contributed by atoms with Crippen molar-refractivity contribution in [3.63, 3.8) is 0 Å². The molecule has 1 amide bonds. The molecule has 5 aromatic rings. The second-order valence-electron chi connectivity index (χ2n) is 7.24. The van der Waals surface area contributed by atoms with Gasteiger partial charge >= 0.3 is 0 Å². The van der Waals surface area contributed by atoms with Crippen molar-refractivity contribution in [2.24, 2.45) is 0 Å². The lowest BCUT2D eigenvalue weighted by Gasteiger charge is -2.12. The highest BCUT2D eigenvalue weighted by Crippen LogP contribution is 2.15. The maximum Gasteiger partial charge on any atom is 0.276 e. The molecule has 0 saturated heterocycles. The second kappa shape index (κ2) is 7.87. The summed E-state index contributed by atoms with van der Waals surface area (Å²) in [6, 6.07) is 18.5. The molecule has 4 heterocycles. The van der Waals surface area contributed by atoms with E-state index in [1.807, 2.05) is 53.1 Å². The van der Waals surface area contributed by atoms with Crippen LogP contribution in [-0.4, -0.2) is 24.8 Å². The number of rotatable bonds is 5. The van der Waals surface area contributed by atoms with Crippen molar-refractivity contribution in [2.75, 3.05) is 0 Å². The van der Waals surface area contributed by atoms with Gasteiger partial charge in [0.15, 0.2) is 5.65 Å². The summed E-state index contributed by atoms with van der Waals surface area (Å²) in [7, 11) is 0. The molecule has 0 aliphatic carbocycles. The van der Waals surface area contributed by atoms with Crippen LogP contribution in [0.1, 0.15) is 21.5 Å². The fraction of sp³-hybridized carbons (Fsp3) is 0.0833. The standard InChI is InChI=1S/C24H19N5O2/c30-23(27-15-18-4-1-11-25-14-18)19-9-7-17(8-10-19)16-29-22-20(5-2-12-26-22)28-13-3-6-21(28)24(29)31/h1-14H,15-16H2,(H,27,30). The maximum absolute atomic E-state index is 13.0. The molecule has 0 radical (unpaired) electrons. The third-order valence-electron chi connectivity index (χ3n) is 5.23.